The van der Waals surface area contributed by atoms with Crippen molar-refractivity contribution in [2.45, 2.75) is 45.1 Å². The van der Waals surface area contributed by atoms with Crippen LogP contribution in [0.4, 0.5) is 10.3 Å². The summed E-state index contributed by atoms with van der Waals surface area (Å²) in [4.78, 5) is 4.39. The first kappa shape index (κ1) is 27.4. The molecule has 0 atom stereocenters. The van der Waals surface area contributed by atoms with E-state index in [1.54, 1.807) is 24.4 Å². The van der Waals surface area contributed by atoms with E-state index in [0.717, 1.165) is 15.7 Å². The van der Waals surface area contributed by atoms with E-state index in [0.29, 0.717) is 34.9 Å². The zero-order chi connectivity index (χ0) is 23.9. The van der Waals surface area contributed by atoms with Gasteiger partial charge in [-0.3, -0.25) is 0 Å². The molecular weight excluding hydrogens is 475 g/mol. The summed E-state index contributed by atoms with van der Waals surface area (Å²) in [5, 5.41) is 13.8. The second-order valence-electron chi connectivity index (χ2n) is 6.97. The molecule has 2 aromatic rings. The van der Waals surface area contributed by atoms with E-state index >= 15 is 0 Å². The molecule has 0 aliphatic heterocycles. The van der Waals surface area contributed by atoms with Gasteiger partial charge in [0.15, 0.2) is 5.58 Å². The number of fused-ring (bicyclic) bond motifs is 1. The third-order valence-electron chi connectivity index (χ3n) is 4.73. The standard InChI is InChI=1S/C14H14BrN3O.C8H14FNO.C2H4/c15-13-11-6-10(7-16)19-12(11)8-17-14(13)18-9-4-2-1-3-5-9;1-4-8(5-2)11-7-6-10(3)9;1-2/h6,8-9H,1-5H2,(H,17,18);4-5H,1,6-7H2,2-3H3;1-2H2/b;8-5+;. The van der Waals surface area contributed by atoms with Crippen molar-refractivity contribution >= 4 is 32.7 Å². The van der Waals surface area contributed by atoms with Crippen molar-refractivity contribution in [1.82, 2.24) is 10.1 Å². The van der Waals surface area contributed by atoms with Crippen LogP contribution in [0.25, 0.3) is 11.0 Å². The van der Waals surface area contributed by atoms with Gasteiger partial charge in [0.2, 0.25) is 5.76 Å². The van der Waals surface area contributed by atoms with Crippen LogP contribution in [0.2, 0.25) is 0 Å². The Hall–Kier alpha value is -2.63. The van der Waals surface area contributed by atoms with E-state index in [-0.39, 0.29) is 6.54 Å². The summed E-state index contributed by atoms with van der Waals surface area (Å²) in [5.41, 5.74) is 0.637. The van der Waals surface area contributed by atoms with Crippen molar-refractivity contribution in [2.24, 2.45) is 0 Å². The molecule has 6 nitrogen and oxygen atoms in total. The van der Waals surface area contributed by atoms with E-state index in [9.17, 15) is 4.48 Å². The number of nitriles is 1. The predicted octanol–water partition coefficient (Wildman–Crippen LogP) is 6.92. The fourth-order valence-corrected chi connectivity index (χ4v) is 3.65. The van der Waals surface area contributed by atoms with Crippen LogP contribution in [0.15, 0.2) is 58.8 Å². The Morgan fingerprint density at radius 1 is 1.44 bits per heavy atom. The first-order valence-electron chi connectivity index (χ1n) is 10.5. The number of nitrogens with zero attached hydrogens (tertiary/aromatic N) is 3. The highest BCUT2D eigenvalue weighted by Gasteiger charge is 2.17. The van der Waals surface area contributed by atoms with E-state index in [2.05, 4.69) is 46.0 Å². The Kier molecular flexibility index (Phi) is 13.0. The average Bonchev–Trinajstić information content (AvgIpc) is 3.25. The lowest BCUT2D eigenvalue weighted by Crippen LogP contribution is -2.23. The highest BCUT2D eigenvalue weighted by Crippen LogP contribution is 2.33. The number of anilines is 1. The maximum absolute atomic E-state index is 12.1. The molecule has 2 heterocycles. The zero-order valence-electron chi connectivity index (χ0n) is 18.9. The normalized spacial score (nSPS) is 13.9. The molecule has 2 aromatic heterocycles. The van der Waals surface area contributed by atoms with Crippen LogP contribution in [0.1, 0.15) is 44.8 Å². The van der Waals surface area contributed by atoms with Gasteiger partial charge in [0.25, 0.3) is 0 Å². The number of nitrogens with one attached hydrogen (secondary N) is 1. The molecule has 32 heavy (non-hydrogen) atoms. The van der Waals surface area contributed by atoms with Gasteiger partial charge in [-0.2, -0.15) is 5.26 Å². The van der Waals surface area contributed by atoms with Gasteiger partial charge in [0.1, 0.15) is 24.3 Å². The summed E-state index contributed by atoms with van der Waals surface area (Å²) in [6, 6.07) is 4.25. The number of halogens is 2. The number of aromatic nitrogens is 1. The first-order chi connectivity index (χ1) is 15.5. The molecule has 0 saturated heterocycles. The van der Waals surface area contributed by atoms with E-state index in [4.69, 9.17) is 14.4 Å². The van der Waals surface area contributed by atoms with E-state index in [1.807, 2.05) is 13.0 Å². The predicted molar refractivity (Wildman–Crippen MR) is 132 cm³/mol. The average molecular weight is 507 g/mol. The topological polar surface area (TPSA) is 74.3 Å². The van der Waals surface area contributed by atoms with Gasteiger partial charge in [-0.15, -0.1) is 22.8 Å². The Labute approximate surface area is 198 Å². The molecular formula is C24H32BrFN4O2. The van der Waals surface area contributed by atoms with Crippen molar-refractivity contribution in [3.63, 3.8) is 0 Å². The van der Waals surface area contributed by atoms with Crippen molar-refractivity contribution < 1.29 is 13.6 Å². The minimum absolute atomic E-state index is 0.269. The minimum atomic E-state index is 0.269. The third kappa shape index (κ3) is 8.85. The molecule has 1 N–H and O–H groups in total. The van der Waals surface area contributed by atoms with E-state index in [1.165, 1.54) is 39.2 Å². The monoisotopic (exact) mass is 506 g/mol. The Bertz CT molecular complexity index is 915. The SMILES string of the molecule is C=C.C=C/C(=C\C)OCCN(C)F.N#Cc1cc2c(Br)c(NC3CCCCC3)ncc2o1. The molecule has 0 unspecified atom stereocenters. The molecule has 1 saturated carbocycles. The summed E-state index contributed by atoms with van der Waals surface area (Å²) >= 11 is 3.56. The van der Waals surface area contributed by atoms with Crippen molar-refractivity contribution in [1.29, 1.82) is 5.26 Å². The molecule has 1 aliphatic carbocycles. The Balaban J connectivity index is 0.000000340. The van der Waals surface area contributed by atoms with E-state index < -0.39 is 0 Å². The molecule has 0 bridgehead atoms. The van der Waals surface area contributed by atoms with Crippen LogP contribution in [0.5, 0.6) is 0 Å². The maximum atomic E-state index is 12.1. The second-order valence-corrected chi connectivity index (χ2v) is 7.77. The van der Waals surface area contributed by atoms with Gasteiger partial charge in [-0.1, -0.05) is 25.8 Å². The molecule has 174 valence electrons. The lowest BCUT2D eigenvalue weighted by atomic mass is 9.95. The molecule has 0 amide bonds. The second kappa shape index (κ2) is 15.2. The Morgan fingerprint density at radius 3 is 2.69 bits per heavy atom. The van der Waals surface area contributed by atoms with Gasteiger partial charge in [-0.05, 0) is 47.8 Å². The van der Waals surface area contributed by atoms with Crippen LogP contribution in [0, 0.1) is 11.3 Å². The number of furan rings is 1. The lowest BCUT2D eigenvalue weighted by Gasteiger charge is -2.23. The number of hydrogen-bond acceptors (Lipinski definition) is 6. The van der Waals surface area contributed by atoms with Crippen molar-refractivity contribution in [3.05, 3.63) is 60.1 Å². The highest BCUT2D eigenvalue weighted by molar-refractivity contribution is 9.10. The smallest absolute Gasteiger partial charge is 0.204 e. The molecule has 3 rings (SSSR count). The molecule has 1 aliphatic rings. The third-order valence-corrected chi connectivity index (χ3v) is 5.53. The highest BCUT2D eigenvalue weighted by atomic mass is 79.9. The summed E-state index contributed by atoms with van der Waals surface area (Å²) in [5.74, 6) is 1.84. The molecule has 0 aromatic carbocycles. The van der Waals surface area contributed by atoms with Gasteiger partial charge in [0, 0.05) is 24.5 Å². The number of allylic oxidation sites excluding steroid dienone is 2. The summed E-state index contributed by atoms with van der Waals surface area (Å²) < 4.78 is 23.4. The van der Waals surface area contributed by atoms with Gasteiger partial charge in [-0.25, -0.2) is 4.98 Å². The van der Waals surface area contributed by atoms with Crippen molar-refractivity contribution in [3.8, 4) is 6.07 Å². The fraction of sp³-hybridized carbons (Fsp3) is 0.417. The van der Waals surface area contributed by atoms with Gasteiger partial charge < -0.3 is 14.5 Å². The van der Waals surface area contributed by atoms with Crippen LogP contribution >= 0.6 is 15.9 Å². The molecule has 1 fully saturated rings. The Morgan fingerprint density at radius 2 is 2.12 bits per heavy atom. The lowest BCUT2D eigenvalue weighted by molar-refractivity contribution is 0.0341. The zero-order valence-corrected chi connectivity index (χ0v) is 20.5. The number of rotatable bonds is 7. The van der Waals surface area contributed by atoms with Crippen LogP contribution in [-0.4, -0.2) is 36.3 Å². The maximum Gasteiger partial charge on any atom is 0.204 e. The minimum Gasteiger partial charge on any atom is -0.493 e. The molecule has 0 spiro atoms. The van der Waals surface area contributed by atoms with Crippen molar-refractivity contribution in [2.75, 3.05) is 25.5 Å². The van der Waals surface area contributed by atoms with Crippen LogP contribution in [-0.2, 0) is 4.74 Å². The largest absolute Gasteiger partial charge is 0.493 e. The molecule has 0 radical (unpaired) electrons. The number of likely N-dealkylation sites (N-methyl/N-ethyl adjacent to an activating group) is 1. The number of ether oxygens (including phenoxy) is 1. The fourth-order valence-electron chi connectivity index (χ4n) is 3.13. The van der Waals surface area contributed by atoms with Crippen LogP contribution < -0.4 is 5.32 Å². The summed E-state index contributed by atoms with van der Waals surface area (Å²) in [6.45, 7) is 12.0. The summed E-state index contributed by atoms with van der Waals surface area (Å²) in [7, 11) is 1.35. The first-order valence-corrected chi connectivity index (χ1v) is 11.3. The summed E-state index contributed by atoms with van der Waals surface area (Å²) in [6.07, 6.45) is 11.3. The number of hydrogen-bond donors (Lipinski definition) is 1. The van der Waals surface area contributed by atoms with Crippen LogP contribution in [0.3, 0.4) is 0 Å². The van der Waals surface area contributed by atoms with Gasteiger partial charge in [0.05, 0.1) is 17.2 Å². The molecule has 8 heteroatoms. The quantitative estimate of drug-likeness (QED) is 0.190. The van der Waals surface area contributed by atoms with Gasteiger partial charge >= 0.3 is 0 Å². The number of pyridine rings is 1.